The third-order valence-corrected chi connectivity index (χ3v) is 4.04. The van der Waals surface area contributed by atoms with Gasteiger partial charge in [-0.25, -0.2) is 4.98 Å². The van der Waals surface area contributed by atoms with Crippen molar-refractivity contribution in [2.75, 3.05) is 31.6 Å². The quantitative estimate of drug-likeness (QED) is 0.879. The van der Waals surface area contributed by atoms with Crippen molar-refractivity contribution in [1.82, 2.24) is 9.88 Å². The molecule has 1 N–H and O–H groups in total. The van der Waals surface area contributed by atoms with Crippen molar-refractivity contribution in [2.45, 2.75) is 39.3 Å². The Morgan fingerprint density at radius 3 is 2.95 bits per heavy atom. The fraction of sp³-hybridized carbons (Fsp3) is 0.667. The molecule has 2 heterocycles. The van der Waals surface area contributed by atoms with Crippen LogP contribution in [0.1, 0.15) is 30.9 Å². The Kier molecular flexibility index (Phi) is 4.77. The summed E-state index contributed by atoms with van der Waals surface area (Å²) < 4.78 is 0. The predicted octanol–water partition coefficient (Wildman–Crippen LogP) is 1.80. The van der Waals surface area contributed by atoms with Crippen molar-refractivity contribution < 1.29 is 5.11 Å². The SMILES string of the molecule is CCN1CCCC1CN(C)c1ncc(CO)cc1C. The molecule has 0 aliphatic carbocycles. The third-order valence-electron chi connectivity index (χ3n) is 4.04. The predicted molar refractivity (Wildman–Crippen MR) is 78.4 cm³/mol. The highest BCUT2D eigenvalue weighted by Gasteiger charge is 2.24. The summed E-state index contributed by atoms with van der Waals surface area (Å²) in [7, 11) is 2.11. The minimum Gasteiger partial charge on any atom is -0.392 e. The lowest BCUT2D eigenvalue weighted by atomic mass is 10.1. The van der Waals surface area contributed by atoms with Crippen LogP contribution in [0.3, 0.4) is 0 Å². The molecule has 1 unspecified atom stereocenters. The number of anilines is 1. The van der Waals surface area contributed by atoms with E-state index < -0.39 is 0 Å². The lowest BCUT2D eigenvalue weighted by Crippen LogP contribution is -2.39. The number of aryl methyl sites for hydroxylation is 1. The van der Waals surface area contributed by atoms with Gasteiger partial charge in [0.15, 0.2) is 0 Å². The second kappa shape index (κ2) is 6.35. The van der Waals surface area contributed by atoms with Crippen LogP contribution < -0.4 is 4.90 Å². The van der Waals surface area contributed by atoms with Crippen molar-refractivity contribution in [3.63, 3.8) is 0 Å². The van der Waals surface area contributed by atoms with Gasteiger partial charge in [0.25, 0.3) is 0 Å². The Balaban J connectivity index is 2.05. The number of hydrogen-bond acceptors (Lipinski definition) is 4. The van der Waals surface area contributed by atoms with Gasteiger partial charge in [0.1, 0.15) is 5.82 Å². The Morgan fingerprint density at radius 1 is 1.53 bits per heavy atom. The highest BCUT2D eigenvalue weighted by atomic mass is 16.3. The number of likely N-dealkylation sites (tertiary alicyclic amines) is 1. The zero-order chi connectivity index (χ0) is 13.8. The smallest absolute Gasteiger partial charge is 0.131 e. The maximum Gasteiger partial charge on any atom is 0.131 e. The molecule has 1 fully saturated rings. The molecule has 1 aromatic rings. The van der Waals surface area contributed by atoms with Crippen molar-refractivity contribution in [1.29, 1.82) is 0 Å². The monoisotopic (exact) mass is 263 g/mol. The van der Waals surface area contributed by atoms with E-state index in [0.717, 1.165) is 30.0 Å². The van der Waals surface area contributed by atoms with Gasteiger partial charge >= 0.3 is 0 Å². The van der Waals surface area contributed by atoms with Crippen LogP contribution in [-0.2, 0) is 6.61 Å². The molecule has 106 valence electrons. The minimum absolute atomic E-state index is 0.0596. The number of aromatic nitrogens is 1. The summed E-state index contributed by atoms with van der Waals surface area (Å²) in [4.78, 5) is 9.28. The van der Waals surface area contributed by atoms with Gasteiger partial charge in [0.2, 0.25) is 0 Å². The third kappa shape index (κ3) is 3.25. The van der Waals surface area contributed by atoms with Crippen LogP contribution in [-0.4, -0.2) is 47.7 Å². The van der Waals surface area contributed by atoms with Gasteiger partial charge in [0.05, 0.1) is 6.61 Å². The maximum absolute atomic E-state index is 9.13. The number of pyridine rings is 1. The van der Waals surface area contributed by atoms with Crippen LogP contribution in [0.15, 0.2) is 12.3 Å². The molecule has 0 saturated carbocycles. The van der Waals surface area contributed by atoms with Gasteiger partial charge < -0.3 is 10.0 Å². The minimum atomic E-state index is 0.0596. The van der Waals surface area contributed by atoms with Gasteiger partial charge in [-0.1, -0.05) is 6.92 Å². The van der Waals surface area contributed by atoms with Crippen LogP contribution >= 0.6 is 0 Å². The average molecular weight is 263 g/mol. The first-order chi connectivity index (χ1) is 9.15. The summed E-state index contributed by atoms with van der Waals surface area (Å²) in [5.74, 6) is 1.03. The molecule has 1 saturated heterocycles. The second-order valence-corrected chi connectivity index (χ2v) is 5.45. The highest BCUT2D eigenvalue weighted by molar-refractivity contribution is 5.46. The first-order valence-electron chi connectivity index (χ1n) is 7.17. The molecular formula is C15H25N3O. The molecular weight excluding hydrogens is 238 g/mol. The van der Waals surface area contributed by atoms with Crippen LogP contribution in [0.4, 0.5) is 5.82 Å². The molecule has 0 aromatic carbocycles. The van der Waals surface area contributed by atoms with E-state index in [9.17, 15) is 0 Å². The molecule has 19 heavy (non-hydrogen) atoms. The Hall–Kier alpha value is -1.13. The summed E-state index contributed by atoms with van der Waals surface area (Å²) in [6, 6.07) is 2.67. The van der Waals surface area contributed by atoms with E-state index in [4.69, 9.17) is 5.11 Å². The fourth-order valence-electron chi connectivity index (χ4n) is 3.03. The van der Waals surface area contributed by atoms with Crippen molar-refractivity contribution >= 4 is 5.82 Å². The van der Waals surface area contributed by atoms with Crippen molar-refractivity contribution in [2.24, 2.45) is 0 Å². The van der Waals surface area contributed by atoms with E-state index in [0.29, 0.717) is 6.04 Å². The summed E-state index contributed by atoms with van der Waals surface area (Å²) in [6.45, 7) is 7.74. The average Bonchev–Trinajstić information content (AvgIpc) is 2.85. The molecule has 0 spiro atoms. The zero-order valence-electron chi connectivity index (χ0n) is 12.3. The van der Waals surface area contributed by atoms with E-state index in [1.54, 1.807) is 6.20 Å². The van der Waals surface area contributed by atoms with Crippen LogP contribution in [0.5, 0.6) is 0 Å². The van der Waals surface area contributed by atoms with Gasteiger partial charge in [-0.15, -0.1) is 0 Å². The van der Waals surface area contributed by atoms with E-state index >= 15 is 0 Å². The molecule has 1 aliphatic rings. The maximum atomic E-state index is 9.13. The number of aliphatic hydroxyl groups excluding tert-OH is 1. The van der Waals surface area contributed by atoms with Crippen LogP contribution in [0, 0.1) is 6.92 Å². The Morgan fingerprint density at radius 2 is 2.32 bits per heavy atom. The van der Waals surface area contributed by atoms with E-state index in [-0.39, 0.29) is 6.61 Å². The summed E-state index contributed by atoms with van der Waals surface area (Å²) in [5.41, 5.74) is 2.01. The molecule has 0 bridgehead atoms. The fourth-order valence-corrected chi connectivity index (χ4v) is 3.03. The molecule has 2 rings (SSSR count). The number of nitrogens with zero attached hydrogens (tertiary/aromatic N) is 3. The Bertz CT molecular complexity index is 422. The number of likely N-dealkylation sites (N-methyl/N-ethyl adjacent to an activating group) is 2. The lowest BCUT2D eigenvalue weighted by molar-refractivity contribution is 0.270. The molecule has 4 heteroatoms. The Labute approximate surface area is 116 Å². The molecule has 1 aromatic heterocycles. The van der Waals surface area contributed by atoms with Crippen molar-refractivity contribution in [3.05, 3.63) is 23.4 Å². The van der Waals surface area contributed by atoms with Crippen LogP contribution in [0.2, 0.25) is 0 Å². The van der Waals surface area contributed by atoms with Gasteiger partial charge in [0, 0.05) is 25.8 Å². The van der Waals surface area contributed by atoms with Crippen molar-refractivity contribution in [3.8, 4) is 0 Å². The topological polar surface area (TPSA) is 39.6 Å². The van der Waals surface area contributed by atoms with E-state index in [1.807, 2.05) is 6.07 Å². The first-order valence-corrected chi connectivity index (χ1v) is 7.17. The van der Waals surface area contributed by atoms with E-state index in [1.165, 1.54) is 19.4 Å². The molecule has 0 amide bonds. The van der Waals surface area contributed by atoms with E-state index in [2.05, 4.69) is 35.7 Å². The first kappa shape index (κ1) is 14.3. The lowest BCUT2D eigenvalue weighted by Gasteiger charge is -2.29. The standard InChI is InChI=1S/C15H25N3O/c1-4-18-7-5-6-14(18)10-17(3)15-12(2)8-13(11-19)9-16-15/h8-9,14,19H,4-7,10-11H2,1-3H3. The zero-order valence-corrected chi connectivity index (χ0v) is 12.3. The summed E-state index contributed by atoms with van der Waals surface area (Å²) in [6.07, 6.45) is 4.36. The number of hydrogen-bond donors (Lipinski definition) is 1. The van der Waals surface area contributed by atoms with Gasteiger partial charge in [-0.2, -0.15) is 0 Å². The highest BCUT2D eigenvalue weighted by Crippen LogP contribution is 2.21. The van der Waals surface area contributed by atoms with Gasteiger partial charge in [-0.05, 0) is 50.0 Å². The van der Waals surface area contributed by atoms with Crippen LogP contribution in [0.25, 0.3) is 0 Å². The second-order valence-electron chi connectivity index (χ2n) is 5.45. The molecule has 0 radical (unpaired) electrons. The number of aliphatic hydroxyl groups is 1. The molecule has 1 aliphatic heterocycles. The largest absolute Gasteiger partial charge is 0.392 e. The summed E-state index contributed by atoms with van der Waals surface area (Å²) >= 11 is 0. The van der Waals surface area contributed by atoms with Gasteiger partial charge in [-0.3, -0.25) is 4.90 Å². The normalized spacial score (nSPS) is 19.9. The number of rotatable bonds is 5. The molecule has 1 atom stereocenters. The molecule has 4 nitrogen and oxygen atoms in total. The summed E-state index contributed by atoms with van der Waals surface area (Å²) in [5, 5.41) is 9.13.